The van der Waals surface area contributed by atoms with Crippen LogP contribution >= 0.6 is 15.9 Å². The summed E-state index contributed by atoms with van der Waals surface area (Å²) in [5.41, 5.74) is 0.754. The lowest BCUT2D eigenvalue weighted by atomic mass is 10.2. The van der Waals surface area contributed by atoms with E-state index < -0.39 is 5.97 Å². The Labute approximate surface area is 145 Å². The van der Waals surface area contributed by atoms with Gasteiger partial charge in [0, 0.05) is 16.1 Å². The number of hydrogen-bond acceptors (Lipinski definition) is 5. The van der Waals surface area contributed by atoms with Gasteiger partial charge in [0.1, 0.15) is 17.9 Å². The lowest BCUT2D eigenvalue weighted by Crippen LogP contribution is -2.10. The fourth-order valence-electron chi connectivity index (χ4n) is 2.28. The molecule has 0 aliphatic carbocycles. The highest BCUT2D eigenvalue weighted by molar-refractivity contribution is 9.10. The highest BCUT2D eigenvalue weighted by atomic mass is 79.9. The molecule has 0 radical (unpaired) electrons. The first kappa shape index (κ1) is 16.3. The van der Waals surface area contributed by atoms with Crippen molar-refractivity contribution in [2.24, 2.45) is 0 Å². The van der Waals surface area contributed by atoms with E-state index in [1.54, 1.807) is 36.4 Å². The van der Waals surface area contributed by atoms with Gasteiger partial charge in [0.15, 0.2) is 5.43 Å². The molecule has 0 N–H and O–H groups in total. The normalized spacial score (nSPS) is 10.6. The molecule has 0 saturated carbocycles. The lowest BCUT2D eigenvalue weighted by molar-refractivity contribution is 0.0434. The topological polar surface area (TPSA) is 65.7 Å². The summed E-state index contributed by atoms with van der Waals surface area (Å²) in [6.07, 6.45) is 0. The average molecular weight is 389 g/mol. The minimum Gasteiger partial charge on any atom is -0.496 e. The molecule has 1 aromatic heterocycles. The lowest BCUT2D eigenvalue weighted by Gasteiger charge is -2.09. The van der Waals surface area contributed by atoms with Gasteiger partial charge in [-0.05, 0) is 30.3 Å². The second-order valence-electron chi connectivity index (χ2n) is 5.00. The fraction of sp³-hybridized carbons (Fsp3) is 0.111. The molecule has 0 aliphatic heterocycles. The number of benzene rings is 2. The number of hydrogen-bond donors (Lipinski definition) is 0. The minimum absolute atomic E-state index is 0.00200. The number of para-hydroxylation sites is 1. The highest BCUT2D eigenvalue weighted by Gasteiger charge is 2.15. The minimum atomic E-state index is -0.708. The van der Waals surface area contributed by atoms with Gasteiger partial charge >= 0.3 is 5.97 Å². The number of rotatable bonds is 4. The predicted octanol–water partition coefficient (Wildman–Crippen LogP) is 3.92. The number of ether oxygens (including phenoxy) is 2. The van der Waals surface area contributed by atoms with Crippen LogP contribution in [0.2, 0.25) is 0 Å². The largest absolute Gasteiger partial charge is 0.496 e. The second kappa shape index (κ2) is 6.88. The highest BCUT2D eigenvalue weighted by Crippen LogP contribution is 2.24. The molecule has 0 aliphatic rings. The Bertz CT molecular complexity index is 961. The first-order valence-electron chi connectivity index (χ1n) is 7.11. The maximum absolute atomic E-state index is 12.2. The van der Waals surface area contributed by atoms with E-state index in [4.69, 9.17) is 13.9 Å². The zero-order chi connectivity index (χ0) is 17.1. The van der Waals surface area contributed by atoms with Gasteiger partial charge in [-0.2, -0.15) is 0 Å². The molecule has 1 heterocycles. The number of halogens is 1. The molecule has 2 aromatic carbocycles. The van der Waals surface area contributed by atoms with Crippen molar-refractivity contribution in [3.63, 3.8) is 0 Å². The smallest absolute Gasteiger partial charge is 0.374 e. The van der Waals surface area contributed by atoms with Crippen LogP contribution in [0.4, 0.5) is 0 Å². The Balaban J connectivity index is 1.83. The molecule has 0 atom stereocenters. The molecule has 0 fully saturated rings. The van der Waals surface area contributed by atoms with E-state index in [1.165, 1.54) is 7.11 Å². The van der Waals surface area contributed by atoms with Gasteiger partial charge in [-0.15, -0.1) is 0 Å². The first-order valence-corrected chi connectivity index (χ1v) is 7.90. The van der Waals surface area contributed by atoms with Crippen LogP contribution in [0, 0.1) is 0 Å². The zero-order valence-corrected chi connectivity index (χ0v) is 14.3. The molecule has 0 bridgehead atoms. The maximum atomic E-state index is 12.2. The Morgan fingerprint density at radius 3 is 2.75 bits per heavy atom. The molecule has 5 nitrogen and oxygen atoms in total. The van der Waals surface area contributed by atoms with Crippen molar-refractivity contribution in [3.05, 3.63) is 74.6 Å². The van der Waals surface area contributed by atoms with Gasteiger partial charge in [-0.3, -0.25) is 4.79 Å². The molecule has 0 saturated heterocycles. The SMILES string of the molecule is COc1ccc(Br)cc1COC(=O)c1cc(=O)c2ccccc2o1. The summed E-state index contributed by atoms with van der Waals surface area (Å²) in [4.78, 5) is 24.2. The molecule has 3 rings (SSSR count). The van der Waals surface area contributed by atoms with Crippen LogP contribution in [0.15, 0.2) is 62.2 Å². The van der Waals surface area contributed by atoms with Crippen LogP contribution in [-0.4, -0.2) is 13.1 Å². The molecular weight excluding hydrogens is 376 g/mol. The summed E-state index contributed by atoms with van der Waals surface area (Å²) in [5.74, 6) is -0.237. The number of carbonyl (C=O) groups excluding carboxylic acids is 1. The average Bonchev–Trinajstić information content (AvgIpc) is 2.59. The third-order valence-corrected chi connectivity index (χ3v) is 3.93. The van der Waals surface area contributed by atoms with E-state index in [-0.39, 0.29) is 17.8 Å². The van der Waals surface area contributed by atoms with E-state index in [2.05, 4.69) is 15.9 Å². The summed E-state index contributed by atoms with van der Waals surface area (Å²) in [7, 11) is 1.54. The van der Waals surface area contributed by atoms with Gasteiger partial charge in [0.2, 0.25) is 5.76 Å². The van der Waals surface area contributed by atoms with Crippen LogP contribution in [-0.2, 0) is 11.3 Å². The van der Waals surface area contributed by atoms with E-state index >= 15 is 0 Å². The van der Waals surface area contributed by atoms with Gasteiger partial charge in [-0.25, -0.2) is 4.79 Å². The van der Waals surface area contributed by atoms with Crippen molar-refractivity contribution in [2.45, 2.75) is 6.61 Å². The van der Waals surface area contributed by atoms with Crippen LogP contribution in [0.3, 0.4) is 0 Å². The van der Waals surface area contributed by atoms with Crippen molar-refractivity contribution in [3.8, 4) is 5.75 Å². The summed E-state index contributed by atoms with van der Waals surface area (Å²) in [6, 6.07) is 13.3. The summed E-state index contributed by atoms with van der Waals surface area (Å²) < 4.78 is 16.8. The molecule has 0 amide bonds. The number of esters is 1. The van der Waals surface area contributed by atoms with Gasteiger partial charge in [0.05, 0.1) is 12.5 Å². The molecule has 24 heavy (non-hydrogen) atoms. The molecule has 0 unspecified atom stereocenters. The Morgan fingerprint density at radius 1 is 1.17 bits per heavy atom. The van der Waals surface area contributed by atoms with E-state index in [1.807, 2.05) is 6.07 Å². The summed E-state index contributed by atoms with van der Waals surface area (Å²) in [5, 5.41) is 0.419. The molecule has 3 aromatic rings. The van der Waals surface area contributed by atoms with Crippen LogP contribution in [0.5, 0.6) is 5.75 Å². The Kier molecular flexibility index (Phi) is 4.66. The van der Waals surface area contributed by atoms with Gasteiger partial charge in [-0.1, -0.05) is 28.1 Å². The van der Waals surface area contributed by atoms with Crippen LogP contribution < -0.4 is 10.2 Å². The first-order chi connectivity index (χ1) is 11.6. The van der Waals surface area contributed by atoms with Gasteiger partial charge < -0.3 is 13.9 Å². The van der Waals surface area contributed by atoms with Crippen molar-refractivity contribution < 1.29 is 18.7 Å². The van der Waals surface area contributed by atoms with Crippen molar-refractivity contribution in [2.75, 3.05) is 7.11 Å². The predicted molar refractivity (Wildman–Crippen MR) is 92.3 cm³/mol. The van der Waals surface area contributed by atoms with E-state index in [9.17, 15) is 9.59 Å². The molecule has 0 spiro atoms. The van der Waals surface area contributed by atoms with E-state index in [0.29, 0.717) is 22.3 Å². The zero-order valence-electron chi connectivity index (χ0n) is 12.7. The molecular formula is C18H13BrO5. The third-order valence-electron chi connectivity index (χ3n) is 3.44. The monoisotopic (exact) mass is 388 g/mol. The van der Waals surface area contributed by atoms with Crippen molar-refractivity contribution in [1.29, 1.82) is 0 Å². The quantitative estimate of drug-likeness (QED) is 0.633. The molecule has 122 valence electrons. The number of methoxy groups -OCH3 is 1. The number of fused-ring (bicyclic) bond motifs is 1. The second-order valence-corrected chi connectivity index (χ2v) is 5.92. The van der Waals surface area contributed by atoms with E-state index in [0.717, 1.165) is 10.5 Å². The number of carbonyl (C=O) groups is 1. The summed E-state index contributed by atoms with van der Waals surface area (Å²) in [6.45, 7) is -0.00200. The van der Waals surface area contributed by atoms with Crippen molar-refractivity contribution >= 4 is 32.9 Å². The van der Waals surface area contributed by atoms with Gasteiger partial charge in [0.25, 0.3) is 0 Å². The van der Waals surface area contributed by atoms with Crippen molar-refractivity contribution in [1.82, 2.24) is 0 Å². The maximum Gasteiger partial charge on any atom is 0.374 e. The standard InChI is InChI=1S/C18H13BrO5/c1-22-15-7-6-12(19)8-11(15)10-23-18(21)17-9-14(20)13-4-2-3-5-16(13)24-17/h2-9H,10H2,1H3. The van der Waals surface area contributed by atoms with Crippen LogP contribution in [0.25, 0.3) is 11.0 Å². The Hall–Kier alpha value is -2.60. The fourth-order valence-corrected chi connectivity index (χ4v) is 2.69. The van der Waals surface area contributed by atoms with Crippen LogP contribution in [0.1, 0.15) is 16.1 Å². The molecule has 6 heteroatoms. The third kappa shape index (κ3) is 3.33. The Morgan fingerprint density at radius 2 is 1.96 bits per heavy atom. The summed E-state index contributed by atoms with van der Waals surface area (Å²) >= 11 is 3.36.